The third-order valence-electron chi connectivity index (χ3n) is 4.86. The number of halogens is 1. The highest BCUT2D eigenvalue weighted by atomic mass is 35.5. The molecule has 0 saturated heterocycles. The second kappa shape index (κ2) is 9.82. The summed E-state index contributed by atoms with van der Waals surface area (Å²) in [5.74, 6) is -0.208. The van der Waals surface area contributed by atoms with Gasteiger partial charge in [0.2, 0.25) is 5.17 Å². The standard InChI is InChI=1S/C24H21ClN4O4S/c1-13(2)10-20-28-29-21(26)17(22(30)27-24(29)34-20)11-14-4-9-18(19(12-14)32-3)33-23(31)15-5-7-16(25)8-6-15/h4-9,11-13,26H,10H2,1-3H3/b17-11-,26-21?. The number of amides is 1. The summed E-state index contributed by atoms with van der Waals surface area (Å²) in [6.45, 7) is 4.15. The molecule has 0 aromatic heterocycles. The van der Waals surface area contributed by atoms with Crippen molar-refractivity contribution in [3.8, 4) is 11.5 Å². The summed E-state index contributed by atoms with van der Waals surface area (Å²) in [4.78, 5) is 29.2. The Morgan fingerprint density at radius 3 is 2.62 bits per heavy atom. The van der Waals surface area contributed by atoms with Gasteiger partial charge in [-0.3, -0.25) is 10.2 Å². The van der Waals surface area contributed by atoms with Crippen molar-refractivity contribution in [1.29, 1.82) is 5.41 Å². The Balaban J connectivity index is 1.57. The van der Waals surface area contributed by atoms with Crippen LogP contribution >= 0.6 is 23.4 Å². The molecule has 2 aromatic rings. The topological polar surface area (TPSA) is 104 Å². The van der Waals surface area contributed by atoms with E-state index in [2.05, 4.69) is 23.9 Å². The van der Waals surface area contributed by atoms with Gasteiger partial charge >= 0.3 is 5.97 Å². The molecule has 0 radical (unpaired) electrons. The molecule has 34 heavy (non-hydrogen) atoms. The zero-order valence-corrected chi connectivity index (χ0v) is 20.2. The van der Waals surface area contributed by atoms with Crippen molar-refractivity contribution >= 4 is 57.4 Å². The fourth-order valence-corrected chi connectivity index (χ4v) is 4.46. The number of carbonyl (C=O) groups excluding carboxylic acids is 2. The fourth-order valence-electron chi connectivity index (χ4n) is 3.23. The van der Waals surface area contributed by atoms with E-state index in [0.29, 0.717) is 33.0 Å². The second-order valence-corrected chi connectivity index (χ2v) is 9.40. The summed E-state index contributed by atoms with van der Waals surface area (Å²) in [5.41, 5.74) is 1.02. The number of rotatable bonds is 6. The highest BCUT2D eigenvalue weighted by Gasteiger charge is 2.35. The average Bonchev–Trinajstić information content (AvgIpc) is 3.19. The number of benzene rings is 2. The van der Waals surface area contributed by atoms with Crippen LogP contribution in [0.1, 0.15) is 36.2 Å². The first-order valence-corrected chi connectivity index (χ1v) is 11.6. The number of fused-ring (bicyclic) bond motifs is 1. The minimum absolute atomic E-state index is 0.0431. The first kappa shape index (κ1) is 23.7. The lowest BCUT2D eigenvalue weighted by atomic mass is 10.1. The molecule has 8 nitrogen and oxygen atoms in total. The molecular formula is C24H21ClN4O4S. The molecule has 0 fully saturated rings. The van der Waals surface area contributed by atoms with Crippen molar-refractivity contribution in [2.75, 3.05) is 7.11 Å². The number of aliphatic imine (C=N–C) groups is 1. The number of nitrogens with zero attached hydrogens (tertiary/aromatic N) is 3. The maximum absolute atomic E-state index is 12.6. The van der Waals surface area contributed by atoms with Crippen LogP contribution in [0.2, 0.25) is 5.02 Å². The van der Waals surface area contributed by atoms with E-state index in [1.54, 1.807) is 48.5 Å². The van der Waals surface area contributed by atoms with Crippen molar-refractivity contribution in [2.24, 2.45) is 16.0 Å². The molecule has 4 rings (SSSR count). The first-order valence-electron chi connectivity index (χ1n) is 10.4. The summed E-state index contributed by atoms with van der Waals surface area (Å²) in [6, 6.07) is 11.2. The van der Waals surface area contributed by atoms with E-state index in [1.165, 1.54) is 23.9 Å². The van der Waals surface area contributed by atoms with Crippen LogP contribution in [0.5, 0.6) is 11.5 Å². The van der Waals surface area contributed by atoms with Gasteiger partial charge in [-0.15, -0.1) is 0 Å². The molecule has 2 aliphatic heterocycles. The summed E-state index contributed by atoms with van der Waals surface area (Å²) in [7, 11) is 1.45. The Bertz CT molecular complexity index is 1270. The smallest absolute Gasteiger partial charge is 0.343 e. The number of hydrogen-bond donors (Lipinski definition) is 1. The Morgan fingerprint density at radius 1 is 1.21 bits per heavy atom. The normalized spacial score (nSPS) is 16.5. The lowest BCUT2D eigenvalue weighted by Crippen LogP contribution is -2.35. The predicted octanol–water partition coefficient (Wildman–Crippen LogP) is 5.23. The van der Waals surface area contributed by atoms with E-state index in [9.17, 15) is 9.59 Å². The van der Waals surface area contributed by atoms with Crippen molar-refractivity contribution in [1.82, 2.24) is 5.01 Å². The number of hydrazone groups is 1. The van der Waals surface area contributed by atoms with Crippen LogP contribution in [0.15, 0.2) is 58.1 Å². The van der Waals surface area contributed by atoms with Gasteiger partial charge in [0, 0.05) is 11.4 Å². The van der Waals surface area contributed by atoms with Gasteiger partial charge in [-0.25, -0.2) is 4.79 Å². The van der Waals surface area contributed by atoms with E-state index in [-0.39, 0.29) is 17.2 Å². The van der Waals surface area contributed by atoms with Gasteiger partial charge in [-0.05, 0) is 65.7 Å². The van der Waals surface area contributed by atoms with Gasteiger partial charge in [-0.2, -0.15) is 15.1 Å². The van der Waals surface area contributed by atoms with Crippen molar-refractivity contribution in [3.05, 3.63) is 64.2 Å². The first-order chi connectivity index (χ1) is 16.2. The van der Waals surface area contributed by atoms with Crippen LogP contribution in [0.3, 0.4) is 0 Å². The summed E-state index contributed by atoms with van der Waals surface area (Å²) in [6.07, 6.45) is 2.28. The van der Waals surface area contributed by atoms with Gasteiger partial charge in [-0.1, -0.05) is 31.5 Å². The minimum Gasteiger partial charge on any atom is -0.493 e. The second-order valence-electron chi connectivity index (χ2n) is 7.92. The zero-order valence-electron chi connectivity index (χ0n) is 18.7. The number of esters is 1. The fraction of sp³-hybridized carbons (Fsp3) is 0.208. The Hall–Kier alpha value is -3.43. The predicted molar refractivity (Wildman–Crippen MR) is 134 cm³/mol. The summed E-state index contributed by atoms with van der Waals surface area (Å²) >= 11 is 7.18. The number of amidine groups is 2. The van der Waals surface area contributed by atoms with E-state index in [1.807, 2.05) is 0 Å². The molecule has 1 amide bonds. The van der Waals surface area contributed by atoms with Gasteiger partial charge in [0.05, 0.1) is 18.2 Å². The summed E-state index contributed by atoms with van der Waals surface area (Å²) < 4.78 is 10.8. The lowest BCUT2D eigenvalue weighted by Gasteiger charge is -2.20. The Kier molecular flexibility index (Phi) is 6.85. The maximum Gasteiger partial charge on any atom is 0.343 e. The molecule has 2 aliphatic rings. The molecular weight excluding hydrogens is 476 g/mol. The van der Waals surface area contributed by atoms with E-state index in [4.69, 9.17) is 26.5 Å². The minimum atomic E-state index is -0.561. The molecule has 0 unspecified atom stereocenters. The molecule has 0 saturated carbocycles. The molecule has 0 spiro atoms. The SMILES string of the molecule is COc1cc(/C=C2/C(=N)N3N=C(CC(C)C)SC3=NC2=O)ccc1OC(=O)c1ccc(Cl)cc1. The molecule has 2 heterocycles. The van der Waals surface area contributed by atoms with Crippen LogP contribution in [0.4, 0.5) is 0 Å². The highest BCUT2D eigenvalue weighted by Crippen LogP contribution is 2.33. The number of thioether (sulfide) groups is 1. The number of nitrogens with one attached hydrogen (secondary N) is 1. The molecule has 2 aromatic carbocycles. The van der Waals surface area contributed by atoms with Crippen LogP contribution in [0.25, 0.3) is 6.08 Å². The number of ether oxygens (including phenoxy) is 2. The number of methoxy groups -OCH3 is 1. The third kappa shape index (κ3) is 5.05. The largest absolute Gasteiger partial charge is 0.493 e. The van der Waals surface area contributed by atoms with Gasteiger partial charge in [0.25, 0.3) is 5.91 Å². The average molecular weight is 497 g/mol. The molecule has 10 heteroatoms. The monoisotopic (exact) mass is 496 g/mol. The van der Waals surface area contributed by atoms with Gasteiger partial charge in [0.1, 0.15) is 5.04 Å². The van der Waals surface area contributed by atoms with E-state index in [0.717, 1.165) is 11.5 Å². The molecule has 0 bridgehead atoms. The highest BCUT2D eigenvalue weighted by molar-refractivity contribution is 8.26. The van der Waals surface area contributed by atoms with Crippen LogP contribution < -0.4 is 9.47 Å². The quantitative estimate of drug-likeness (QED) is 0.333. The molecule has 1 N–H and O–H groups in total. The van der Waals surface area contributed by atoms with Crippen LogP contribution in [-0.4, -0.2) is 40.0 Å². The van der Waals surface area contributed by atoms with Crippen LogP contribution in [0, 0.1) is 11.3 Å². The van der Waals surface area contributed by atoms with Crippen molar-refractivity contribution < 1.29 is 19.1 Å². The molecule has 0 atom stereocenters. The molecule has 0 aliphatic carbocycles. The van der Waals surface area contributed by atoms with Crippen molar-refractivity contribution in [3.63, 3.8) is 0 Å². The lowest BCUT2D eigenvalue weighted by molar-refractivity contribution is -0.114. The van der Waals surface area contributed by atoms with Crippen LogP contribution in [-0.2, 0) is 4.79 Å². The third-order valence-corrected chi connectivity index (χ3v) is 6.04. The van der Waals surface area contributed by atoms with E-state index >= 15 is 0 Å². The maximum atomic E-state index is 12.6. The summed E-state index contributed by atoms with van der Waals surface area (Å²) in [5, 5.41) is 16.1. The molecule has 174 valence electrons. The van der Waals surface area contributed by atoms with Gasteiger partial charge in [0.15, 0.2) is 17.3 Å². The van der Waals surface area contributed by atoms with Gasteiger partial charge < -0.3 is 9.47 Å². The number of carbonyl (C=O) groups is 2. The Labute approximate surface area is 205 Å². The van der Waals surface area contributed by atoms with Crippen molar-refractivity contribution in [2.45, 2.75) is 20.3 Å². The zero-order chi connectivity index (χ0) is 24.4. The number of hydrogen-bond acceptors (Lipinski definition) is 7. The Morgan fingerprint density at radius 2 is 1.94 bits per heavy atom. The van der Waals surface area contributed by atoms with E-state index < -0.39 is 11.9 Å².